The Hall–Kier alpha value is -2.14. The van der Waals surface area contributed by atoms with Crippen LogP contribution in [0.25, 0.3) is 5.57 Å². The monoisotopic (exact) mass is 358 g/mol. The van der Waals surface area contributed by atoms with E-state index >= 15 is 0 Å². The topological polar surface area (TPSA) is 61.8 Å². The van der Waals surface area contributed by atoms with Crippen molar-refractivity contribution in [2.24, 2.45) is 0 Å². The summed E-state index contributed by atoms with van der Waals surface area (Å²) in [6, 6.07) is 6.16. The molecule has 5 heteroatoms. The highest BCUT2D eigenvalue weighted by molar-refractivity contribution is 6.05. The van der Waals surface area contributed by atoms with E-state index in [0.29, 0.717) is 0 Å². The molecule has 0 saturated heterocycles. The van der Waals surface area contributed by atoms with Gasteiger partial charge >= 0.3 is 11.9 Å². The maximum atomic E-state index is 12.7. The summed E-state index contributed by atoms with van der Waals surface area (Å²) in [4.78, 5) is 25.3. The van der Waals surface area contributed by atoms with E-state index in [0.717, 1.165) is 35.1 Å². The maximum Gasteiger partial charge on any atom is 0.350 e. The molecule has 2 aliphatic rings. The van der Waals surface area contributed by atoms with Crippen LogP contribution in [0.4, 0.5) is 0 Å². The molecule has 0 unspecified atom stereocenters. The molecule has 5 nitrogen and oxygen atoms in total. The molecule has 1 aromatic rings. The number of hydrogen-bond donors (Lipinski definition) is 0. The molecule has 0 atom stereocenters. The quantitative estimate of drug-likeness (QED) is 0.595. The van der Waals surface area contributed by atoms with E-state index in [1.165, 1.54) is 0 Å². The second-order valence-electron chi connectivity index (χ2n) is 6.95. The lowest BCUT2D eigenvalue weighted by atomic mass is 9.84. The first-order valence-corrected chi connectivity index (χ1v) is 9.22. The van der Waals surface area contributed by atoms with Gasteiger partial charge in [-0.1, -0.05) is 24.3 Å². The summed E-state index contributed by atoms with van der Waals surface area (Å²) in [5.74, 6) is -1.33. The van der Waals surface area contributed by atoms with Crippen LogP contribution in [0.15, 0.2) is 24.3 Å². The molecule has 1 spiro atoms. The molecule has 26 heavy (non-hydrogen) atoms. The molecular weight excluding hydrogens is 332 g/mol. The van der Waals surface area contributed by atoms with E-state index in [1.54, 1.807) is 13.8 Å². The van der Waals surface area contributed by atoms with Crippen molar-refractivity contribution in [1.29, 1.82) is 0 Å². The van der Waals surface area contributed by atoms with Crippen LogP contribution >= 0.6 is 0 Å². The van der Waals surface area contributed by atoms with Crippen molar-refractivity contribution >= 4 is 17.5 Å². The first-order chi connectivity index (χ1) is 12.4. The van der Waals surface area contributed by atoms with Crippen molar-refractivity contribution in [3.8, 4) is 0 Å². The maximum absolute atomic E-state index is 12.7. The van der Waals surface area contributed by atoms with Crippen molar-refractivity contribution in [3.05, 3.63) is 41.0 Å². The third-order valence-electron chi connectivity index (χ3n) is 5.12. The number of benzene rings is 1. The van der Waals surface area contributed by atoms with E-state index in [1.807, 2.05) is 12.1 Å². The summed E-state index contributed by atoms with van der Waals surface area (Å²) in [6.45, 7) is 7.93. The number of rotatable bonds is 5. The summed E-state index contributed by atoms with van der Waals surface area (Å²) < 4.78 is 16.6. The highest BCUT2D eigenvalue weighted by Crippen LogP contribution is 2.56. The van der Waals surface area contributed by atoms with Gasteiger partial charge in [-0.3, -0.25) is 0 Å². The van der Waals surface area contributed by atoms with Gasteiger partial charge in [0.25, 0.3) is 5.60 Å². The van der Waals surface area contributed by atoms with Gasteiger partial charge in [0, 0.05) is 6.42 Å². The molecule has 1 saturated carbocycles. The fourth-order valence-electron chi connectivity index (χ4n) is 3.74. The highest BCUT2D eigenvalue weighted by atomic mass is 16.6. The molecule has 3 rings (SSSR count). The molecule has 1 aromatic carbocycles. The largest absolute Gasteiger partial charge is 0.463 e. The molecule has 1 heterocycles. The van der Waals surface area contributed by atoms with Crippen molar-refractivity contribution in [2.45, 2.75) is 58.2 Å². The number of esters is 2. The van der Waals surface area contributed by atoms with Gasteiger partial charge in [-0.2, -0.15) is 0 Å². The minimum Gasteiger partial charge on any atom is -0.463 e. The molecule has 0 aromatic heterocycles. The van der Waals surface area contributed by atoms with Crippen LogP contribution in [0.1, 0.15) is 49.8 Å². The predicted molar refractivity (Wildman–Crippen MR) is 97.6 cm³/mol. The van der Waals surface area contributed by atoms with Crippen LogP contribution in [0.3, 0.4) is 0 Å². The van der Waals surface area contributed by atoms with Gasteiger partial charge in [-0.15, -0.1) is 0 Å². The van der Waals surface area contributed by atoms with Gasteiger partial charge in [-0.05, 0) is 62.8 Å². The van der Waals surface area contributed by atoms with Gasteiger partial charge in [-0.25, -0.2) is 9.59 Å². The Morgan fingerprint density at radius 3 is 2.04 bits per heavy atom. The molecular formula is C21H26O5. The zero-order valence-corrected chi connectivity index (χ0v) is 15.9. The lowest BCUT2D eigenvalue weighted by molar-refractivity contribution is -0.198. The summed E-state index contributed by atoms with van der Waals surface area (Å²) in [7, 11) is 0. The Balaban J connectivity index is 2.05. The first-order valence-electron chi connectivity index (χ1n) is 9.22. The number of ether oxygens (including phenoxy) is 3. The van der Waals surface area contributed by atoms with Crippen LogP contribution in [-0.2, 0) is 23.8 Å². The van der Waals surface area contributed by atoms with Gasteiger partial charge in [0.15, 0.2) is 0 Å². The van der Waals surface area contributed by atoms with Crippen molar-refractivity contribution in [3.63, 3.8) is 0 Å². The van der Waals surface area contributed by atoms with Gasteiger partial charge in [0.2, 0.25) is 0 Å². The molecule has 1 fully saturated rings. The Bertz CT molecular complexity index is 719. The minimum atomic E-state index is -1.71. The molecule has 0 N–H and O–H groups in total. The second-order valence-corrected chi connectivity index (χ2v) is 6.95. The van der Waals surface area contributed by atoms with Crippen molar-refractivity contribution < 1.29 is 23.8 Å². The molecule has 0 amide bonds. The summed E-state index contributed by atoms with van der Waals surface area (Å²) in [5, 5.41) is 0. The van der Waals surface area contributed by atoms with Crippen molar-refractivity contribution in [2.75, 3.05) is 13.2 Å². The summed E-state index contributed by atoms with van der Waals surface area (Å²) >= 11 is 0. The smallest absolute Gasteiger partial charge is 0.350 e. The Kier molecular flexibility index (Phi) is 4.93. The van der Waals surface area contributed by atoms with Crippen LogP contribution in [0, 0.1) is 13.8 Å². The number of hydrogen-bond acceptors (Lipinski definition) is 5. The SMILES string of the molecule is CCOC(=O)C1(C(=O)OCC)CC=C(c2c(C)cccc2C)C2(CC2)O1. The van der Waals surface area contributed by atoms with Crippen LogP contribution in [0.5, 0.6) is 0 Å². The summed E-state index contributed by atoms with van der Waals surface area (Å²) in [5.41, 5.74) is 2.21. The lowest BCUT2D eigenvalue weighted by Gasteiger charge is -2.38. The van der Waals surface area contributed by atoms with E-state index in [-0.39, 0.29) is 19.6 Å². The van der Waals surface area contributed by atoms with E-state index in [2.05, 4.69) is 26.0 Å². The van der Waals surface area contributed by atoms with Gasteiger partial charge in [0.1, 0.15) is 0 Å². The zero-order chi connectivity index (χ0) is 18.9. The van der Waals surface area contributed by atoms with Crippen LogP contribution in [0.2, 0.25) is 0 Å². The van der Waals surface area contributed by atoms with Crippen LogP contribution in [-0.4, -0.2) is 36.4 Å². The molecule has 1 aliphatic heterocycles. The van der Waals surface area contributed by atoms with Crippen molar-refractivity contribution in [1.82, 2.24) is 0 Å². The van der Waals surface area contributed by atoms with Gasteiger partial charge in [0.05, 0.1) is 18.8 Å². The average Bonchev–Trinajstić information content (AvgIpc) is 3.36. The minimum absolute atomic E-state index is 0.121. The van der Waals surface area contributed by atoms with Crippen LogP contribution < -0.4 is 0 Å². The Morgan fingerprint density at radius 1 is 1.04 bits per heavy atom. The lowest BCUT2D eigenvalue weighted by Crippen LogP contribution is -2.55. The third kappa shape index (κ3) is 2.94. The highest BCUT2D eigenvalue weighted by Gasteiger charge is 2.62. The number of aryl methyl sites for hydroxylation is 2. The second kappa shape index (κ2) is 6.88. The first kappa shape index (κ1) is 18.6. The number of carbonyl (C=O) groups excluding carboxylic acids is 2. The molecule has 0 bridgehead atoms. The van der Waals surface area contributed by atoms with E-state index < -0.39 is 23.1 Å². The molecule has 0 radical (unpaired) electrons. The standard InChI is InChI=1S/C21H26O5/c1-5-24-18(22)21(19(23)25-6-2)11-10-16(20(26-21)12-13-20)17-14(3)8-7-9-15(17)4/h7-10H,5-6,11-13H2,1-4H3. The normalized spacial score (nSPS) is 19.6. The molecule has 140 valence electrons. The predicted octanol–water partition coefficient (Wildman–Crippen LogP) is 3.50. The fourth-order valence-corrected chi connectivity index (χ4v) is 3.74. The number of carbonyl (C=O) groups is 2. The Labute approximate surface area is 154 Å². The Morgan fingerprint density at radius 2 is 1.58 bits per heavy atom. The fraction of sp³-hybridized carbons (Fsp3) is 0.524. The summed E-state index contributed by atoms with van der Waals surface area (Å²) in [6.07, 6.45) is 3.63. The average molecular weight is 358 g/mol. The van der Waals surface area contributed by atoms with E-state index in [4.69, 9.17) is 14.2 Å². The molecule has 1 aliphatic carbocycles. The van der Waals surface area contributed by atoms with E-state index in [9.17, 15) is 9.59 Å². The third-order valence-corrected chi connectivity index (χ3v) is 5.12. The zero-order valence-electron chi connectivity index (χ0n) is 15.9. The van der Waals surface area contributed by atoms with Gasteiger partial charge < -0.3 is 14.2 Å².